The lowest BCUT2D eigenvalue weighted by Crippen LogP contribution is -2.25. The first-order valence-electron chi connectivity index (χ1n) is 11.7. The molecule has 0 spiro atoms. The minimum atomic E-state index is 0.626. The van der Waals surface area contributed by atoms with Gasteiger partial charge in [-0.1, -0.05) is 30.3 Å². The first kappa shape index (κ1) is 18.7. The Labute approximate surface area is 192 Å². The smallest absolute Gasteiger partial charge is 0.124 e. The summed E-state index contributed by atoms with van der Waals surface area (Å²) in [7, 11) is 0. The summed E-state index contributed by atoms with van der Waals surface area (Å²) in [5.74, 6) is 2.73. The average Bonchev–Trinajstić information content (AvgIpc) is 3.65. The van der Waals surface area contributed by atoms with Crippen molar-refractivity contribution in [2.45, 2.75) is 25.3 Å². The number of hydrogen-bond donors (Lipinski definition) is 1. The van der Waals surface area contributed by atoms with E-state index in [-0.39, 0.29) is 0 Å². The fourth-order valence-electron chi connectivity index (χ4n) is 4.90. The number of rotatable bonds is 3. The Morgan fingerprint density at radius 1 is 0.909 bits per heavy atom. The number of imidazole rings is 1. The second-order valence-electron chi connectivity index (χ2n) is 9.07. The van der Waals surface area contributed by atoms with Crippen LogP contribution in [0.5, 0.6) is 5.75 Å². The Morgan fingerprint density at radius 2 is 1.79 bits per heavy atom. The Morgan fingerprint density at radius 3 is 2.73 bits per heavy atom. The van der Waals surface area contributed by atoms with Crippen molar-refractivity contribution in [1.82, 2.24) is 15.0 Å². The van der Waals surface area contributed by atoms with Crippen molar-refractivity contribution >= 4 is 27.6 Å². The first-order chi connectivity index (χ1) is 16.3. The summed E-state index contributed by atoms with van der Waals surface area (Å²) in [5.41, 5.74) is 7.99. The van der Waals surface area contributed by atoms with Crippen LogP contribution < -0.4 is 9.64 Å². The molecule has 33 heavy (non-hydrogen) atoms. The van der Waals surface area contributed by atoms with Crippen LogP contribution in [0.4, 0.5) is 5.69 Å². The van der Waals surface area contributed by atoms with E-state index in [1.807, 2.05) is 12.3 Å². The quantitative estimate of drug-likeness (QED) is 0.377. The van der Waals surface area contributed by atoms with E-state index in [0.29, 0.717) is 12.5 Å². The van der Waals surface area contributed by atoms with Gasteiger partial charge in [0.1, 0.15) is 18.2 Å². The molecule has 1 fully saturated rings. The van der Waals surface area contributed by atoms with Crippen LogP contribution in [-0.4, -0.2) is 28.1 Å². The van der Waals surface area contributed by atoms with Crippen molar-refractivity contribution in [3.05, 3.63) is 84.3 Å². The van der Waals surface area contributed by atoms with Crippen LogP contribution in [-0.2, 0) is 6.54 Å². The summed E-state index contributed by atoms with van der Waals surface area (Å²) >= 11 is 0. The molecule has 0 atom stereocenters. The number of pyridine rings is 1. The minimum absolute atomic E-state index is 0.626. The maximum Gasteiger partial charge on any atom is 0.124 e. The average molecular weight is 433 g/mol. The maximum absolute atomic E-state index is 6.14. The van der Waals surface area contributed by atoms with E-state index in [1.165, 1.54) is 40.6 Å². The number of hydrogen-bond acceptors (Lipinski definition) is 4. The van der Waals surface area contributed by atoms with Gasteiger partial charge in [0, 0.05) is 35.3 Å². The number of benzene rings is 3. The zero-order valence-electron chi connectivity index (χ0n) is 18.3. The van der Waals surface area contributed by atoms with Crippen LogP contribution >= 0.6 is 0 Å². The van der Waals surface area contributed by atoms with Crippen LogP contribution in [0.3, 0.4) is 0 Å². The summed E-state index contributed by atoms with van der Waals surface area (Å²) in [6.07, 6.45) is 4.40. The molecule has 1 saturated carbocycles. The van der Waals surface area contributed by atoms with Gasteiger partial charge in [0.05, 0.1) is 23.1 Å². The number of nitrogens with one attached hydrogen (secondary N) is 1. The fourth-order valence-corrected chi connectivity index (χ4v) is 4.90. The number of para-hydroxylation sites is 1. The number of aromatic amines is 1. The topological polar surface area (TPSA) is 54.0 Å². The molecule has 1 aliphatic heterocycles. The normalized spacial score (nSPS) is 15.9. The van der Waals surface area contributed by atoms with Gasteiger partial charge in [0.25, 0.3) is 0 Å². The molecule has 5 nitrogen and oxygen atoms in total. The number of H-pyrrole nitrogens is 1. The van der Waals surface area contributed by atoms with E-state index in [0.717, 1.165) is 41.2 Å². The van der Waals surface area contributed by atoms with Gasteiger partial charge in [-0.25, -0.2) is 4.98 Å². The van der Waals surface area contributed by atoms with Crippen molar-refractivity contribution in [2.24, 2.45) is 0 Å². The highest BCUT2D eigenvalue weighted by molar-refractivity contribution is 5.91. The van der Waals surface area contributed by atoms with E-state index in [2.05, 4.69) is 75.5 Å². The first-order valence-corrected chi connectivity index (χ1v) is 11.7. The van der Waals surface area contributed by atoms with E-state index in [1.54, 1.807) is 0 Å². The molecule has 5 aromatic rings. The maximum atomic E-state index is 6.14. The Bertz CT molecular complexity index is 1500. The van der Waals surface area contributed by atoms with Gasteiger partial charge in [-0.3, -0.25) is 4.98 Å². The highest BCUT2D eigenvalue weighted by atomic mass is 16.5. The van der Waals surface area contributed by atoms with Crippen molar-refractivity contribution in [3.8, 4) is 16.9 Å². The molecule has 7 rings (SSSR count). The molecule has 3 heterocycles. The molecule has 1 aliphatic carbocycles. The van der Waals surface area contributed by atoms with E-state index in [4.69, 9.17) is 9.72 Å². The molecule has 2 aliphatic rings. The van der Waals surface area contributed by atoms with Gasteiger partial charge in [-0.2, -0.15) is 0 Å². The number of aromatic nitrogens is 3. The molecule has 0 saturated heterocycles. The Kier molecular flexibility index (Phi) is 4.16. The molecule has 1 N–H and O–H groups in total. The molecule has 162 valence electrons. The second-order valence-corrected chi connectivity index (χ2v) is 9.07. The summed E-state index contributed by atoms with van der Waals surface area (Å²) in [5, 5.41) is 1.18. The summed E-state index contributed by atoms with van der Waals surface area (Å²) < 4.78 is 6.14. The van der Waals surface area contributed by atoms with Gasteiger partial charge in [-0.15, -0.1) is 0 Å². The largest absolute Gasteiger partial charge is 0.491 e. The van der Waals surface area contributed by atoms with Crippen LogP contribution in [0.25, 0.3) is 33.1 Å². The molecule has 3 aromatic carbocycles. The van der Waals surface area contributed by atoms with Crippen molar-refractivity contribution in [2.75, 3.05) is 18.1 Å². The Hall–Kier alpha value is -3.86. The van der Waals surface area contributed by atoms with Crippen LogP contribution in [0.1, 0.15) is 30.1 Å². The molecule has 5 heteroatoms. The third-order valence-electron chi connectivity index (χ3n) is 6.80. The van der Waals surface area contributed by atoms with Crippen molar-refractivity contribution < 1.29 is 4.74 Å². The van der Waals surface area contributed by atoms with Gasteiger partial charge < -0.3 is 14.6 Å². The standard InChI is InChI=1S/C28H24N4O/c1-2-4-23-22(3-1)26(11-12-29-23)32-13-14-33-27-10-8-19(15-21(27)17-32)20-7-9-24-25(16-20)31-28(30-24)18-5-6-18/h1-4,7-12,15-16,18H,5-6,13-14,17H2,(H,30,31). The van der Waals surface area contributed by atoms with Crippen LogP contribution in [0, 0.1) is 0 Å². The molecule has 2 aromatic heterocycles. The number of ether oxygens (including phenoxy) is 1. The zero-order valence-corrected chi connectivity index (χ0v) is 18.3. The van der Waals surface area contributed by atoms with Gasteiger partial charge in [-0.05, 0) is 60.4 Å². The van der Waals surface area contributed by atoms with Crippen molar-refractivity contribution in [1.29, 1.82) is 0 Å². The zero-order chi connectivity index (χ0) is 21.8. The van der Waals surface area contributed by atoms with Gasteiger partial charge >= 0.3 is 0 Å². The summed E-state index contributed by atoms with van der Waals surface area (Å²) in [6.45, 7) is 2.30. The predicted octanol–water partition coefficient (Wildman–Crippen LogP) is 6.05. The van der Waals surface area contributed by atoms with Crippen molar-refractivity contribution in [3.63, 3.8) is 0 Å². The highest BCUT2D eigenvalue weighted by Gasteiger charge is 2.26. The number of anilines is 1. The van der Waals surface area contributed by atoms with Crippen LogP contribution in [0.15, 0.2) is 72.9 Å². The lowest BCUT2D eigenvalue weighted by atomic mass is 10.0. The minimum Gasteiger partial charge on any atom is -0.491 e. The Balaban J connectivity index is 1.25. The molecule has 0 bridgehead atoms. The monoisotopic (exact) mass is 432 g/mol. The fraction of sp³-hybridized carbons (Fsp3) is 0.214. The highest BCUT2D eigenvalue weighted by Crippen LogP contribution is 2.39. The lowest BCUT2D eigenvalue weighted by Gasteiger charge is -2.23. The number of fused-ring (bicyclic) bond motifs is 3. The third kappa shape index (κ3) is 3.32. The van der Waals surface area contributed by atoms with E-state index in [9.17, 15) is 0 Å². The lowest BCUT2D eigenvalue weighted by molar-refractivity contribution is 0.332. The number of nitrogens with zero attached hydrogens (tertiary/aromatic N) is 3. The molecular formula is C28H24N4O. The molecule has 0 unspecified atom stereocenters. The van der Waals surface area contributed by atoms with Gasteiger partial charge in [0.2, 0.25) is 0 Å². The second kappa shape index (κ2) is 7.34. The summed E-state index contributed by atoms with van der Waals surface area (Å²) in [6, 6.07) is 23.5. The molecule has 0 radical (unpaired) electrons. The predicted molar refractivity (Wildman–Crippen MR) is 132 cm³/mol. The SMILES string of the molecule is c1ccc2c(N3CCOc4ccc(-c5ccc6nc(C7CC7)[nH]c6c5)cc4C3)ccnc2c1. The molecular weight excluding hydrogens is 408 g/mol. The van der Waals surface area contributed by atoms with E-state index < -0.39 is 0 Å². The summed E-state index contributed by atoms with van der Waals surface area (Å²) in [4.78, 5) is 15.2. The van der Waals surface area contributed by atoms with Gasteiger partial charge in [0.15, 0.2) is 0 Å². The third-order valence-corrected chi connectivity index (χ3v) is 6.80. The molecule has 0 amide bonds. The van der Waals surface area contributed by atoms with E-state index >= 15 is 0 Å². The van der Waals surface area contributed by atoms with Crippen LogP contribution in [0.2, 0.25) is 0 Å².